The van der Waals surface area contributed by atoms with E-state index in [0.717, 1.165) is 26.9 Å². The molecule has 1 amide bonds. The van der Waals surface area contributed by atoms with Crippen molar-refractivity contribution in [1.82, 2.24) is 10.2 Å². The molecule has 144 valence electrons. The number of hydrogen-bond acceptors (Lipinski definition) is 5. The Balaban J connectivity index is 1.41. The van der Waals surface area contributed by atoms with Gasteiger partial charge in [-0.2, -0.15) is 0 Å². The van der Waals surface area contributed by atoms with Crippen LogP contribution in [0.4, 0.5) is 5.69 Å². The number of anilines is 1. The van der Waals surface area contributed by atoms with Gasteiger partial charge < -0.3 is 9.73 Å². The number of carbonyl (C=O) groups is 1. The maximum Gasteiger partial charge on any atom is 0.277 e. The molecule has 3 aromatic carbocycles. The molecule has 0 aliphatic heterocycles. The molecule has 29 heavy (non-hydrogen) atoms. The van der Waals surface area contributed by atoms with Gasteiger partial charge in [0.15, 0.2) is 0 Å². The lowest BCUT2D eigenvalue weighted by atomic mass is 10.0. The standard InChI is InChI=1S/C22H16BrN3O2S/c23-17-10-6-9-16(13-17)21-25-26-22(28-21)29-14-20(27)24-19-12-5-4-11-18(19)15-7-2-1-3-8-15/h1-13H,14H2,(H,24,27). The van der Waals surface area contributed by atoms with Crippen molar-refractivity contribution in [2.45, 2.75) is 5.22 Å². The van der Waals surface area contributed by atoms with Gasteiger partial charge >= 0.3 is 0 Å². The molecule has 1 N–H and O–H groups in total. The Hall–Kier alpha value is -2.90. The molecule has 0 saturated carbocycles. The van der Waals surface area contributed by atoms with Crippen LogP contribution in [0.1, 0.15) is 0 Å². The minimum atomic E-state index is -0.138. The molecule has 0 bridgehead atoms. The maximum absolute atomic E-state index is 12.5. The van der Waals surface area contributed by atoms with Crippen LogP contribution in [-0.4, -0.2) is 21.9 Å². The van der Waals surface area contributed by atoms with E-state index in [4.69, 9.17) is 4.42 Å². The van der Waals surface area contributed by atoms with Crippen molar-refractivity contribution in [2.24, 2.45) is 0 Å². The van der Waals surface area contributed by atoms with Crippen molar-refractivity contribution in [2.75, 3.05) is 11.1 Å². The van der Waals surface area contributed by atoms with E-state index in [1.165, 1.54) is 11.8 Å². The molecular weight excluding hydrogens is 450 g/mol. The van der Waals surface area contributed by atoms with Gasteiger partial charge in [0, 0.05) is 21.3 Å². The highest BCUT2D eigenvalue weighted by atomic mass is 79.9. The largest absolute Gasteiger partial charge is 0.411 e. The van der Waals surface area contributed by atoms with Crippen LogP contribution in [0.3, 0.4) is 0 Å². The number of rotatable bonds is 6. The van der Waals surface area contributed by atoms with Gasteiger partial charge in [-0.15, -0.1) is 10.2 Å². The lowest BCUT2D eigenvalue weighted by Crippen LogP contribution is -2.14. The fourth-order valence-electron chi connectivity index (χ4n) is 2.78. The highest BCUT2D eigenvalue weighted by Gasteiger charge is 2.13. The van der Waals surface area contributed by atoms with Crippen molar-refractivity contribution in [3.05, 3.63) is 83.3 Å². The minimum Gasteiger partial charge on any atom is -0.411 e. The molecule has 4 rings (SSSR count). The first-order valence-corrected chi connectivity index (χ1v) is 10.6. The third-order valence-electron chi connectivity index (χ3n) is 4.09. The molecule has 0 fully saturated rings. The molecule has 1 heterocycles. The smallest absolute Gasteiger partial charge is 0.277 e. The van der Waals surface area contributed by atoms with Crippen LogP contribution in [0.25, 0.3) is 22.6 Å². The summed E-state index contributed by atoms with van der Waals surface area (Å²) >= 11 is 4.63. The van der Waals surface area contributed by atoms with Gasteiger partial charge in [-0.05, 0) is 29.8 Å². The van der Waals surface area contributed by atoms with E-state index < -0.39 is 0 Å². The van der Waals surface area contributed by atoms with Crippen LogP contribution < -0.4 is 5.32 Å². The second-order valence-corrected chi connectivity index (χ2v) is 7.97. The maximum atomic E-state index is 12.5. The number of halogens is 1. The number of thioether (sulfide) groups is 1. The van der Waals surface area contributed by atoms with Gasteiger partial charge in [0.1, 0.15) is 0 Å². The molecule has 0 aliphatic rings. The number of amides is 1. The molecule has 4 aromatic rings. The van der Waals surface area contributed by atoms with Gasteiger partial charge in [0.2, 0.25) is 11.8 Å². The molecular formula is C22H16BrN3O2S. The van der Waals surface area contributed by atoms with E-state index in [2.05, 4.69) is 31.4 Å². The molecule has 0 radical (unpaired) electrons. The Morgan fingerprint density at radius 2 is 1.69 bits per heavy atom. The Bertz CT molecular complexity index is 1130. The van der Waals surface area contributed by atoms with Crippen LogP contribution in [-0.2, 0) is 4.79 Å². The quantitative estimate of drug-likeness (QED) is 0.359. The summed E-state index contributed by atoms with van der Waals surface area (Å²) in [6.07, 6.45) is 0. The fraction of sp³-hybridized carbons (Fsp3) is 0.0455. The van der Waals surface area contributed by atoms with Crippen molar-refractivity contribution in [1.29, 1.82) is 0 Å². The molecule has 0 aliphatic carbocycles. The van der Waals surface area contributed by atoms with E-state index >= 15 is 0 Å². The second-order valence-electron chi connectivity index (χ2n) is 6.13. The highest BCUT2D eigenvalue weighted by Crippen LogP contribution is 2.28. The first-order chi connectivity index (χ1) is 14.2. The molecule has 0 saturated heterocycles. The van der Waals surface area contributed by atoms with E-state index in [-0.39, 0.29) is 11.7 Å². The third kappa shape index (κ3) is 4.93. The average molecular weight is 466 g/mol. The molecule has 0 atom stereocenters. The lowest BCUT2D eigenvalue weighted by molar-refractivity contribution is -0.113. The van der Waals surface area contributed by atoms with E-state index in [9.17, 15) is 4.79 Å². The highest BCUT2D eigenvalue weighted by molar-refractivity contribution is 9.10. The predicted molar refractivity (Wildman–Crippen MR) is 119 cm³/mol. The SMILES string of the molecule is O=C(CSc1nnc(-c2cccc(Br)c2)o1)Nc1ccccc1-c1ccccc1. The summed E-state index contributed by atoms with van der Waals surface area (Å²) in [5.41, 5.74) is 3.61. The molecule has 5 nitrogen and oxygen atoms in total. The third-order valence-corrected chi connectivity index (χ3v) is 5.40. The minimum absolute atomic E-state index is 0.138. The molecule has 0 unspecified atom stereocenters. The van der Waals surface area contributed by atoms with Gasteiger partial charge in [0.25, 0.3) is 5.22 Å². The van der Waals surface area contributed by atoms with Crippen LogP contribution in [0, 0.1) is 0 Å². The normalized spacial score (nSPS) is 10.7. The number of benzene rings is 3. The first kappa shape index (κ1) is 19.4. The molecule has 0 spiro atoms. The van der Waals surface area contributed by atoms with Crippen molar-refractivity contribution < 1.29 is 9.21 Å². The van der Waals surface area contributed by atoms with Crippen LogP contribution in [0.2, 0.25) is 0 Å². The second kappa shape index (κ2) is 9.07. The van der Waals surface area contributed by atoms with E-state index in [1.54, 1.807) is 0 Å². The summed E-state index contributed by atoms with van der Waals surface area (Å²) in [6.45, 7) is 0. The Labute approximate surface area is 180 Å². The zero-order valence-corrected chi connectivity index (χ0v) is 17.6. The predicted octanol–water partition coefficient (Wildman–Crippen LogP) is 5.90. The topological polar surface area (TPSA) is 68.0 Å². The van der Waals surface area contributed by atoms with Crippen LogP contribution >= 0.6 is 27.7 Å². The van der Waals surface area contributed by atoms with Crippen molar-refractivity contribution in [3.63, 3.8) is 0 Å². The average Bonchev–Trinajstić information content (AvgIpc) is 3.23. The number of hydrogen-bond donors (Lipinski definition) is 1. The number of para-hydroxylation sites is 1. The van der Waals surface area contributed by atoms with E-state index in [0.29, 0.717) is 11.1 Å². The molecule has 1 aromatic heterocycles. The number of aromatic nitrogens is 2. The van der Waals surface area contributed by atoms with Crippen molar-refractivity contribution in [3.8, 4) is 22.6 Å². The van der Waals surface area contributed by atoms with Gasteiger partial charge in [-0.3, -0.25) is 4.79 Å². The summed E-state index contributed by atoms with van der Waals surface area (Å²) in [4.78, 5) is 12.5. The summed E-state index contributed by atoms with van der Waals surface area (Å²) in [7, 11) is 0. The Kier molecular flexibility index (Phi) is 6.07. The monoisotopic (exact) mass is 465 g/mol. The van der Waals surface area contributed by atoms with E-state index in [1.807, 2.05) is 78.9 Å². The summed E-state index contributed by atoms with van der Waals surface area (Å²) in [5.74, 6) is 0.452. The summed E-state index contributed by atoms with van der Waals surface area (Å²) < 4.78 is 6.59. The summed E-state index contributed by atoms with van der Waals surface area (Å²) in [6, 6.07) is 25.3. The van der Waals surface area contributed by atoms with Gasteiger partial charge in [0.05, 0.1) is 5.75 Å². The number of nitrogens with zero attached hydrogens (tertiary/aromatic N) is 2. The van der Waals surface area contributed by atoms with Crippen LogP contribution in [0.5, 0.6) is 0 Å². The number of nitrogens with one attached hydrogen (secondary N) is 1. The fourth-order valence-corrected chi connectivity index (χ4v) is 3.74. The lowest BCUT2D eigenvalue weighted by Gasteiger charge is -2.10. The summed E-state index contributed by atoms with van der Waals surface area (Å²) in [5, 5.41) is 11.4. The van der Waals surface area contributed by atoms with Gasteiger partial charge in [-0.1, -0.05) is 82.3 Å². The first-order valence-electron chi connectivity index (χ1n) is 8.85. The Morgan fingerprint density at radius 3 is 2.52 bits per heavy atom. The number of carbonyl (C=O) groups excluding carboxylic acids is 1. The Morgan fingerprint density at radius 1 is 0.931 bits per heavy atom. The zero-order chi connectivity index (χ0) is 20.1. The molecule has 7 heteroatoms. The zero-order valence-electron chi connectivity index (χ0n) is 15.2. The van der Waals surface area contributed by atoms with Crippen molar-refractivity contribution >= 4 is 39.3 Å². The van der Waals surface area contributed by atoms with Gasteiger partial charge in [-0.25, -0.2) is 0 Å². The van der Waals surface area contributed by atoms with Crippen LogP contribution in [0.15, 0.2) is 93.0 Å².